The smallest absolute Gasteiger partial charge is 0.333 e. The Bertz CT molecular complexity index is 736. The van der Waals surface area contributed by atoms with Gasteiger partial charge in [0.05, 0.1) is 19.6 Å². The van der Waals surface area contributed by atoms with Crippen LogP contribution < -0.4 is 0 Å². The zero-order chi connectivity index (χ0) is 19.2. The summed E-state index contributed by atoms with van der Waals surface area (Å²) in [4.78, 5) is 25.7. The van der Waals surface area contributed by atoms with Gasteiger partial charge in [-0.05, 0) is 29.8 Å². The third-order valence-electron chi connectivity index (χ3n) is 3.76. The van der Waals surface area contributed by atoms with Gasteiger partial charge in [0.15, 0.2) is 0 Å². The van der Waals surface area contributed by atoms with E-state index in [1.54, 1.807) is 12.1 Å². The van der Waals surface area contributed by atoms with E-state index in [4.69, 9.17) is 21.1 Å². The molecule has 0 aliphatic carbocycles. The van der Waals surface area contributed by atoms with Crippen molar-refractivity contribution in [2.75, 3.05) is 14.2 Å². The topological polar surface area (TPSA) is 52.6 Å². The van der Waals surface area contributed by atoms with Gasteiger partial charge in [-0.3, -0.25) is 0 Å². The number of esters is 2. The maximum Gasteiger partial charge on any atom is 0.333 e. The van der Waals surface area contributed by atoms with E-state index < -0.39 is 27.9 Å². The molecule has 0 heterocycles. The van der Waals surface area contributed by atoms with Crippen LogP contribution in [0.4, 0.5) is 4.39 Å². The molecule has 2 rings (SSSR count). The predicted octanol–water partition coefficient (Wildman–Crippen LogP) is 4.37. The van der Waals surface area contributed by atoms with Crippen LogP contribution in [0.3, 0.4) is 0 Å². The zero-order valence-electron chi connectivity index (χ0n) is 14.3. The van der Waals surface area contributed by atoms with Crippen molar-refractivity contribution in [1.29, 1.82) is 0 Å². The lowest BCUT2D eigenvalue weighted by Crippen LogP contribution is -2.46. The molecule has 0 saturated heterocycles. The van der Waals surface area contributed by atoms with Gasteiger partial charge in [0.1, 0.15) is 5.82 Å². The fraction of sp³-hybridized carbons (Fsp3) is 0.263. The average molecular weight is 397 g/mol. The van der Waals surface area contributed by atoms with E-state index in [-0.39, 0.29) is 6.42 Å². The van der Waals surface area contributed by atoms with Gasteiger partial charge in [0.25, 0.3) is 0 Å². The molecule has 2 aromatic carbocycles. The first kappa shape index (κ1) is 20.3. The van der Waals surface area contributed by atoms with E-state index in [1.165, 1.54) is 38.5 Å². The molecule has 0 aliphatic heterocycles. The van der Waals surface area contributed by atoms with Crippen molar-refractivity contribution < 1.29 is 23.5 Å². The van der Waals surface area contributed by atoms with Gasteiger partial charge in [0.2, 0.25) is 4.75 Å². The molecule has 138 valence electrons. The Morgan fingerprint density at radius 2 is 1.58 bits per heavy atom. The summed E-state index contributed by atoms with van der Waals surface area (Å²) in [6.07, 6.45) is -0.0556. The molecule has 7 heteroatoms. The number of methoxy groups -OCH3 is 2. The third kappa shape index (κ3) is 4.56. The van der Waals surface area contributed by atoms with Crippen molar-refractivity contribution >= 4 is 35.3 Å². The van der Waals surface area contributed by atoms with Crippen LogP contribution in [0, 0.1) is 5.82 Å². The summed E-state index contributed by atoms with van der Waals surface area (Å²) >= 11 is 7.43. The van der Waals surface area contributed by atoms with Gasteiger partial charge in [-0.2, -0.15) is 0 Å². The summed E-state index contributed by atoms with van der Waals surface area (Å²) < 4.78 is 21.2. The largest absolute Gasteiger partial charge is 0.468 e. The number of hydrogen-bond donors (Lipinski definition) is 0. The lowest BCUT2D eigenvalue weighted by atomic mass is 9.98. The number of halogens is 2. The van der Waals surface area contributed by atoms with Crippen molar-refractivity contribution in [2.45, 2.75) is 21.4 Å². The number of alkyl halides is 1. The first-order chi connectivity index (χ1) is 12.4. The maximum absolute atomic E-state index is 13.2. The standard InChI is InChI=1S/C19H18ClFO4S/c1-24-17(22)19(18(23)25-2,26-15-10-8-14(21)9-11-15)12-16(20)13-6-4-3-5-7-13/h3-11,16H,12H2,1-2H3. The number of thioether (sulfide) groups is 1. The van der Waals surface area contributed by atoms with Crippen molar-refractivity contribution in [3.8, 4) is 0 Å². The molecule has 26 heavy (non-hydrogen) atoms. The quantitative estimate of drug-likeness (QED) is 0.301. The second-order valence-corrected chi connectivity index (χ2v) is 7.35. The number of benzene rings is 2. The number of carbonyl (C=O) groups excluding carboxylic acids is 2. The molecule has 0 spiro atoms. The minimum absolute atomic E-state index is 0.0556. The second kappa shape index (κ2) is 9.05. The molecule has 0 radical (unpaired) electrons. The second-order valence-electron chi connectivity index (χ2n) is 5.45. The number of rotatable bonds is 7. The Morgan fingerprint density at radius 1 is 1.04 bits per heavy atom. The van der Waals surface area contributed by atoms with E-state index in [0.29, 0.717) is 4.90 Å². The number of ether oxygens (including phenoxy) is 2. The Kier molecular flexibility index (Phi) is 7.06. The molecule has 1 atom stereocenters. The van der Waals surface area contributed by atoms with Crippen molar-refractivity contribution in [3.05, 3.63) is 66.0 Å². The normalized spacial score (nSPS) is 12.3. The molecule has 2 aromatic rings. The molecular weight excluding hydrogens is 379 g/mol. The van der Waals surface area contributed by atoms with Crippen molar-refractivity contribution in [2.24, 2.45) is 0 Å². The summed E-state index contributed by atoms with van der Waals surface area (Å²) in [5.41, 5.74) is 0.756. The number of hydrogen-bond acceptors (Lipinski definition) is 5. The van der Waals surface area contributed by atoms with E-state index >= 15 is 0 Å². The lowest BCUT2D eigenvalue weighted by Gasteiger charge is -2.29. The van der Waals surface area contributed by atoms with Crippen LogP contribution in [0.25, 0.3) is 0 Å². The van der Waals surface area contributed by atoms with Gasteiger partial charge < -0.3 is 9.47 Å². The summed E-state index contributed by atoms with van der Waals surface area (Å²) in [6, 6.07) is 14.5. The van der Waals surface area contributed by atoms with Gasteiger partial charge in [-0.1, -0.05) is 42.1 Å². The van der Waals surface area contributed by atoms with E-state index in [1.807, 2.05) is 18.2 Å². The summed E-state index contributed by atoms with van der Waals surface area (Å²) in [5.74, 6) is -1.98. The van der Waals surface area contributed by atoms with Crippen LogP contribution in [0.1, 0.15) is 17.4 Å². The molecule has 0 aromatic heterocycles. The lowest BCUT2D eigenvalue weighted by molar-refractivity contribution is -0.156. The number of carbonyl (C=O) groups is 2. The summed E-state index contributed by atoms with van der Waals surface area (Å²) in [7, 11) is 2.38. The zero-order valence-corrected chi connectivity index (χ0v) is 15.9. The van der Waals surface area contributed by atoms with Crippen LogP contribution in [0.15, 0.2) is 59.5 Å². The Morgan fingerprint density at radius 3 is 2.08 bits per heavy atom. The minimum Gasteiger partial charge on any atom is -0.468 e. The molecule has 0 fully saturated rings. The van der Waals surface area contributed by atoms with Gasteiger partial charge in [-0.15, -0.1) is 11.6 Å². The van der Waals surface area contributed by atoms with E-state index in [9.17, 15) is 14.0 Å². The van der Waals surface area contributed by atoms with Crippen LogP contribution in [-0.2, 0) is 19.1 Å². The molecular formula is C19H18ClFO4S. The van der Waals surface area contributed by atoms with Gasteiger partial charge in [0, 0.05) is 11.3 Å². The molecule has 0 N–H and O–H groups in total. The highest BCUT2D eigenvalue weighted by molar-refractivity contribution is 8.02. The van der Waals surface area contributed by atoms with Crippen LogP contribution in [0.2, 0.25) is 0 Å². The molecule has 0 aliphatic rings. The SMILES string of the molecule is COC(=O)C(CC(Cl)c1ccccc1)(Sc1ccc(F)cc1)C(=O)OC. The Balaban J connectivity index is 2.43. The van der Waals surface area contributed by atoms with Gasteiger partial charge in [-0.25, -0.2) is 14.0 Å². The van der Waals surface area contributed by atoms with Crippen LogP contribution in [0.5, 0.6) is 0 Å². The fourth-order valence-corrected chi connectivity index (χ4v) is 4.17. The average Bonchev–Trinajstić information content (AvgIpc) is 2.68. The highest BCUT2D eigenvalue weighted by atomic mass is 35.5. The maximum atomic E-state index is 13.2. The van der Waals surface area contributed by atoms with Crippen LogP contribution >= 0.6 is 23.4 Å². The minimum atomic E-state index is -1.72. The summed E-state index contributed by atoms with van der Waals surface area (Å²) in [6.45, 7) is 0. The Labute approximate surface area is 160 Å². The molecule has 0 amide bonds. The van der Waals surface area contributed by atoms with E-state index in [0.717, 1.165) is 17.3 Å². The molecule has 0 saturated carbocycles. The van der Waals surface area contributed by atoms with Crippen molar-refractivity contribution in [1.82, 2.24) is 0 Å². The van der Waals surface area contributed by atoms with E-state index in [2.05, 4.69) is 0 Å². The third-order valence-corrected chi connectivity index (χ3v) is 5.53. The van der Waals surface area contributed by atoms with Crippen molar-refractivity contribution in [3.63, 3.8) is 0 Å². The summed E-state index contributed by atoms with van der Waals surface area (Å²) in [5, 5.41) is -0.637. The first-order valence-electron chi connectivity index (χ1n) is 7.73. The first-order valence-corrected chi connectivity index (χ1v) is 8.98. The molecule has 4 nitrogen and oxygen atoms in total. The highest BCUT2D eigenvalue weighted by Gasteiger charge is 2.51. The predicted molar refractivity (Wildman–Crippen MR) is 98.7 cm³/mol. The highest BCUT2D eigenvalue weighted by Crippen LogP contribution is 2.43. The molecule has 1 unspecified atom stereocenters. The molecule has 0 bridgehead atoms. The Hall–Kier alpha value is -2.05. The van der Waals surface area contributed by atoms with Gasteiger partial charge >= 0.3 is 11.9 Å². The monoisotopic (exact) mass is 396 g/mol. The fourth-order valence-electron chi connectivity index (χ4n) is 2.44. The van der Waals surface area contributed by atoms with Crippen LogP contribution in [-0.4, -0.2) is 30.9 Å².